The normalized spacial score (nSPS) is 24.9. The number of aliphatic hydroxyl groups is 3. The van der Waals surface area contributed by atoms with Crippen LogP contribution in [0.3, 0.4) is 0 Å². The number of aryl methyl sites for hydroxylation is 4. The van der Waals surface area contributed by atoms with Crippen LogP contribution in [0.15, 0.2) is 72.8 Å². The second-order valence-electron chi connectivity index (χ2n) is 25.5. The van der Waals surface area contributed by atoms with Crippen molar-refractivity contribution in [3.63, 3.8) is 0 Å². The van der Waals surface area contributed by atoms with Crippen molar-refractivity contribution in [2.45, 2.75) is 171 Å². The van der Waals surface area contributed by atoms with Crippen molar-refractivity contribution in [2.24, 2.45) is 34.5 Å². The number of benzene rings is 4. The summed E-state index contributed by atoms with van der Waals surface area (Å²) >= 11 is 0. The van der Waals surface area contributed by atoms with Crippen LogP contribution in [0.2, 0.25) is 0 Å². The molecule has 8 atom stereocenters. The van der Waals surface area contributed by atoms with E-state index in [1.54, 1.807) is 50.6 Å². The highest BCUT2D eigenvalue weighted by atomic mass is 16.5. The van der Waals surface area contributed by atoms with Gasteiger partial charge in [0.15, 0.2) is 5.78 Å². The second-order valence-corrected chi connectivity index (χ2v) is 25.5. The van der Waals surface area contributed by atoms with Crippen LogP contribution in [0.1, 0.15) is 182 Å². The number of methoxy groups -OCH3 is 2. The lowest BCUT2D eigenvalue weighted by molar-refractivity contribution is -0.180. The molecule has 4 amide bonds. The lowest BCUT2D eigenvalue weighted by Crippen LogP contribution is -2.62. The number of fused-ring (bicyclic) bond motifs is 5. The smallest absolute Gasteiger partial charge is 0.272 e. The summed E-state index contributed by atoms with van der Waals surface area (Å²) in [5.74, 6) is 0.450. The van der Waals surface area contributed by atoms with Gasteiger partial charge < -0.3 is 24.8 Å². The van der Waals surface area contributed by atoms with E-state index in [0.717, 1.165) is 71.9 Å². The number of amides is 4. The number of ketones is 2. The number of hydrogen-bond donors (Lipinski definition) is 5. The lowest BCUT2D eigenvalue weighted by atomic mass is 9.44. The average molecular weight is 1100 g/mol. The Morgan fingerprint density at radius 2 is 1.09 bits per heavy atom. The van der Waals surface area contributed by atoms with E-state index >= 15 is 0 Å². The molecule has 0 heterocycles. The molecule has 8 rings (SSSR count). The van der Waals surface area contributed by atoms with Crippen LogP contribution in [0, 0.1) is 76.0 Å². The highest BCUT2D eigenvalue weighted by molar-refractivity contribution is 6.02. The molecule has 0 unspecified atom stereocenters. The van der Waals surface area contributed by atoms with E-state index in [0.29, 0.717) is 46.1 Å². The van der Waals surface area contributed by atoms with Gasteiger partial charge in [-0.1, -0.05) is 60.4 Å². The van der Waals surface area contributed by atoms with Gasteiger partial charge in [0.25, 0.3) is 23.6 Å². The number of ether oxygens (including phenoxy) is 2. The molecule has 4 aromatic rings. The topological polar surface area (TPSA) is 212 Å². The van der Waals surface area contributed by atoms with Crippen LogP contribution < -0.4 is 20.3 Å². The van der Waals surface area contributed by atoms with E-state index < -0.39 is 34.5 Å². The van der Waals surface area contributed by atoms with Crippen molar-refractivity contribution in [1.29, 1.82) is 0 Å². The molecule has 0 aliphatic heterocycles. The van der Waals surface area contributed by atoms with Gasteiger partial charge in [-0.3, -0.25) is 39.6 Å². The van der Waals surface area contributed by atoms with Crippen LogP contribution >= 0.6 is 0 Å². The predicted octanol–water partition coefficient (Wildman–Crippen LogP) is 10.3. The Bertz CT molecular complexity index is 2810. The molecule has 5 N–H and O–H groups in total. The fourth-order valence-corrected chi connectivity index (χ4v) is 13.6. The molecule has 0 spiro atoms. The summed E-state index contributed by atoms with van der Waals surface area (Å²) in [7, 11) is 3.13. The fraction of sp³-hybridized carbons (Fsp3) is 0.538. The summed E-state index contributed by atoms with van der Waals surface area (Å²) in [6.07, 6.45) is 5.47. The third kappa shape index (κ3) is 12.9. The number of carbonyl (C=O) groups is 6. The molecule has 4 aromatic carbocycles. The first-order valence-corrected chi connectivity index (χ1v) is 28.1. The molecule has 15 nitrogen and oxygen atoms in total. The molecule has 0 bridgehead atoms. The molecular formula is C65H88N4O11. The van der Waals surface area contributed by atoms with Gasteiger partial charge in [0, 0.05) is 51.1 Å². The number of aliphatic hydroxyl groups excluding tert-OH is 2. The summed E-state index contributed by atoms with van der Waals surface area (Å²) in [6, 6.07) is 21.9. The number of Topliss-reactive ketones (excluding diaryl/α,β-unsaturated/α-hetero) is 2. The van der Waals surface area contributed by atoms with Crippen LogP contribution in [0.25, 0.3) is 0 Å². The van der Waals surface area contributed by atoms with E-state index in [2.05, 4.69) is 17.8 Å². The molecule has 0 radical (unpaired) electrons. The second kappa shape index (κ2) is 24.4. The highest BCUT2D eigenvalue weighted by Crippen LogP contribution is 2.67. The molecule has 4 saturated carbocycles. The maximum atomic E-state index is 13.4. The van der Waals surface area contributed by atoms with Gasteiger partial charge in [-0.05, 0) is 200 Å². The Kier molecular flexibility index (Phi) is 19.1. The van der Waals surface area contributed by atoms with Crippen molar-refractivity contribution >= 4 is 35.2 Å². The van der Waals surface area contributed by atoms with Crippen molar-refractivity contribution in [2.75, 3.05) is 20.8 Å². The van der Waals surface area contributed by atoms with Crippen LogP contribution in [-0.4, -0.2) is 104 Å². The van der Waals surface area contributed by atoms with Gasteiger partial charge in [0.1, 0.15) is 29.5 Å². The van der Waals surface area contributed by atoms with Gasteiger partial charge in [0.2, 0.25) is 0 Å². The van der Waals surface area contributed by atoms with Crippen molar-refractivity contribution in [3.8, 4) is 11.5 Å². The quantitative estimate of drug-likeness (QED) is 0.105. The average Bonchev–Trinajstić information content (AvgIpc) is 3.83. The monoisotopic (exact) mass is 1100 g/mol. The number of nitrogens with one attached hydrogen (secondary N) is 2. The number of carbonyl (C=O) groups excluding carboxylic acids is 6. The lowest BCUT2D eigenvalue weighted by Gasteiger charge is -2.60. The minimum absolute atomic E-state index is 0.0154. The first-order chi connectivity index (χ1) is 37.3. The maximum Gasteiger partial charge on any atom is 0.272 e. The zero-order chi connectivity index (χ0) is 59.6. The van der Waals surface area contributed by atoms with Gasteiger partial charge in [-0.25, -0.2) is 10.0 Å². The first-order valence-electron chi connectivity index (χ1n) is 28.1. The van der Waals surface area contributed by atoms with Crippen LogP contribution in [-0.2, 0) is 9.59 Å². The Hall–Kier alpha value is -6.42. The first kappa shape index (κ1) is 62.8. The minimum Gasteiger partial charge on any atom is -0.496 e. The molecule has 80 heavy (non-hydrogen) atoms. The van der Waals surface area contributed by atoms with E-state index in [4.69, 9.17) is 9.47 Å². The number of nitrogens with zero attached hydrogens (tertiary/aromatic N) is 2. The molecule has 0 saturated heterocycles. The van der Waals surface area contributed by atoms with Crippen LogP contribution in [0.5, 0.6) is 11.5 Å². The molecule has 4 aliphatic carbocycles. The zero-order valence-corrected chi connectivity index (χ0v) is 50.2. The SMILES string of the molecule is COc1cccc(C(=O)NN(C(=O)c2cc(C)cc(C)c2)C(C)(C)C)c1C.COc1cccc(C(=O)NN(C(=O)c2cc(C)cc(C)c2)C(C)(C)C)c1C.C[C@]12CC[C@@H](O)C[C@H]1CC[C@@H]1[C@@H]2C(=O)C[C@@]2(C)[C@H]1CC[C@]2(O)C(=O)CO. The summed E-state index contributed by atoms with van der Waals surface area (Å²) in [4.78, 5) is 77.8. The van der Waals surface area contributed by atoms with Gasteiger partial charge in [0.05, 0.1) is 31.4 Å². The van der Waals surface area contributed by atoms with Gasteiger partial charge >= 0.3 is 0 Å². The number of rotatable bonds is 8. The third-order valence-electron chi connectivity index (χ3n) is 17.7. The van der Waals surface area contributed by atoms with Gasteiger partial charge in [-0.2, -0.15) is 0 Å². The minimum atomic E-state index is -1.58. The number of hydrogen-bond acceptors (Lipinski definition) is 11. The van der Waals surface area contributed by atoms with Crippen LogP contribution in [0.4, 0.5) is 0 Å². The standard InChI is InChI=1S/2C22H28N2O3.C21H32O5/c2*1-14-11-15(2)13-17(12-14)21(26)24(22(4,5)6)23-20(25)18-9-8-10-19(27-7)16(18)3;1-19-7-5-13(23)9-12(19)3-4-14-15-6-8-21(26,17(25)11-22)20(15,2)10-16(24)18(14)19/h2*8-13H,1-7H3,(H,23,25);12-15,18,22-23,26H,3-11H2,1-2H3/t;;12-,13-,14+,15+,18-,19+,20+,21+/m..1/s1. The summed E-state index contributed by atoms with van der Waals surface area (Å²) in [5, 5.41) is 33.4. The molecule has 15 heteroatoms. The van der Waals surface area contributed by atoms with E-state index in [1.165, 1.54) is 10.0 Å². The molecule has 4 aliphatic rings. The molecular weight excluding hydrogens is 1010 g/mol. The Balaban J connectivity index is 0.000000194. The van der Waals surface area contributed by atoms with E-state index in [1.807, 2.05) is 126 Å². The van der Waals surface area contributed by atoms with Crippen molar-refractivity contribution in [1.82, 2.24) is 20.9 Å². The predicted molar refractivity (Wildman–Crippen MR) is 309 cm³/mol. The van der Waals surface area contributed by atoms with E-state index in [-0.39, 0.29) is 65.1 Å². The Morgan fingerprint density at radius 3 is 1.49 bits per heavy atom. The molecule has 0 aromatic heterocycles. The Labute approximate surface area is 474 Å². The molecule has 4 fully saturated rings. The maximum absolute atomic E-state index is 13.4. The van der Waals surface area contributed by atoms with Crippen molar-refractivity contribution in [3.05, 3.63) is 128 Å². The molecule has 434 valence electrons. The highest BCUT2D eigenvalue weighted by Gasteiger charge is 2.69. The Morgan fingerprint density at radius 1 is 0.650 bits per heavy atom. The zero-order valence-electron chi connectivity index (χ0n) is 50.2. The number of hydrazine groups is 2. The summed E-state index contributed by atoms with van der Waals surface area (Å²) < 4.78 is 10.6. The largest absolute Gasteiger partial charge is 0.496 e. The summed E-state index contributed by atoms with van der Waals surface area (Å²) in [5.41, 5.74) is 9.47. The fourth-order valence-electron chi connectivity index (χ4n) is 13.6. The van der Waals surface area contributed by atoms with E-state index in [9.17, 15) is 44.1 Å². The summed E-state index contributed by atoms with van der Waals surface area (Å²) in [6.45, 7) is 26.2. The van der Waals surface area contributed by atoms with Crippen molar-refractivity contribution < 1.29 is 53.6 Å². The van der Waals surface area contributed by atoms with Gasteiger partial charge in [-0.15, -0.1) is 0 Å². The third-order valence-corrected chi connectivity index (χ3v) is 17.7.